The molecule has 4 heteroatoms. The molecule has 1 N–H and O–H groups in total. The molecule has 1 aromatic carbocycles. The number of likely N-dealkylation sites (N-methyl/N-ethyl adjacent to an activating group) is 1. The number of carbonyl (C=O) groups is 1. The highest BCUT2D eigenvalue weighted by atomic mass is 16.1. The van der Waals surface area contributed by atoms with Crippen LogP contribution in [0.25, 0.3) is 10.9 Å². The average molecular weight is 384 g/mol. The molecule has 4 nitrogen and oxygen atoms in total. The first kappa shape index (κ1) is 20.9. The van der Waals surface area contributed by atoms with Crippen LogP contribution in [0.4, 0.5) is 0 Å². The van der Waals surface area contributed by atoms with Crippen molar-refractivity contribution < 1.29 is 4.79 Å². The molecule has 1 amide bonds. The van der Waals surface area contributed by atoms with E-state index in [0.29, 0.717) is 6.54 Å². The van der Waals surface area contributed by atoms with Gasteiger partial charge in [0.15, 0.2) is 0 Å². The van der Waals surface area contributed by atoms with Gasteiger partial charge in [0.2, 0.25) is 5.91 Å². The lowest BCUT2D eigenvalue weighted by Gasteiger charge is -2.29. The molecule has 1 atom stereocenters. The number of hydrogen-bond donors (Lipinski definition) is 1. The Balaban J connectivity index is 1.60. The molecule has 28 heavy (non-hydrogen) atoms. The number of hydrogen-bond acceptors (Lipinski definition) is 2. The van der Waals surface area contributed by atoms with Gasteiger partial charge in [-0.05, 0) is 57.3 Å². The summed E-state index contributed by atoms with van der Waals surface area (Å²) in [5.41, 5.74) is 2.52. The number of nitrogens with zero attached hydrogens (tertiary/aromatic N) is 2. The molecule has 0 aliphatic heterocycles. The van der Waals surface area contributed by atoms with Gasteiger partial charge in [-0.15, -0.1) is 0 Å². The zero-order valence-corrected chi connectivity index (χ0v) is 18.1. The first-order valence-corrected chi connectivity index (χ1v) is 11.0. The highest BCUT2D eigenvalue weighted by Crippen LogP contribution is 2.32. The highest BCUT2D eigenvalue weighted by molar-refractivity contribution is 5.84. The number of fused-ring (bicyclic) bond motifs is 1. The Hall–Kier alpha value is -1.81. The SMILES string of the molecule is CCCCC1CCC(C(=O)NCC(c2cn(C)c3ccccc23)N(C)C)CC1. The third-order valence-corrected chi connectivity index (χ3v) is 6.56. The third kappa shape index (κ3) is 4.78. The van der Waals surface area contributed by atoms with Gasteiger partial charge >= 0.3 is 0 Å². The Kier molecular flexibility index (Phi) is 7.17. The topological polar surface area (TPSA) is 37.3 Å². The number of unbranched alkanes of at least 4 members (excludes halogenated alkanes) is 1. The van der Waals surface area contributed by atoms with Gasteiger partial charge < -0.3 is 14.8 Å². The predicted molar refractivity (Wildman–Crippen MR) is 117 cm³/mol. The fourth-order valence-electron chi connectivity index (χ4n) is 4.76. The molecule has 154 valence electrons. The molecular formula is C24H37N3O. The second kappa shape index (κ2) is 9.60. The van der Waals surface area contributed by atoms with Crippen molar-refractivity contribution >= 4 is 16.8 Å². The minimum Gasteiger partial charge on any atom is -0.354 e. The van der Waals surface area contributed by atoms with Gasteiger partial charge in [0.25, 0.3) is 0 Å². The van der Waals surface area contributed by atoms with Crippen LogP contribution in [0.5, 0.6) is 0 Å². The lowest BCUT2D eigenvalue weighted by molar-refractivity contribution is -0.126. The van der Waals surface area contributed by atoms with Crippen molar-refractivity contribution in [2.45, 2.75) is 57.9 Å². The van der Waals surface area contributed by atoms with E-state index in [4.69, 9.17) is 0 Å². The average Bonchev–Trinajstić information content (AvgIpc) is 3.03. The van der Waals surface area contributed by atoms with Crippen LogP contribution in [0.15, 0.2) is 30.5 Å². The Morgan fingerprint density at radius 1 is 1.21 bits per heavy atom. The van der Waals surface area contributed by atoms with E-state index in [0.717, 1.165) is 18.8 Å². The number of aromatic nitrogens is 1. The molecule has 0 saturated heterocycles. The van der Waals surface area contributed by atoms with E-state index in [-0.39, 0.29) is 17.9 Å². The van der Waals surface area contributed by atoms with E-state index < -0.39 is 0 Å². The van der Waals surface area contributed by atoms with Crippen LogP contribution >= 0.6 is 0 Å². The molecular weight excluding hydrogens is 346 g/mol. The van der Waals surface area contributed by atoms with Gasteiger partial charge in [0.1, 0.15) is 0 Å². The van der Waals surface area contributed by atoms with Crippen LogP contribution in [0.2, 0.25) is 0 Å². The molecule has 3 rings (SSSR count). The number of benzene rings is 1. The van der Waals surface area contributed by atoms with E-state index in [1.165, 1.54) is 48.6 Å². The second-order valence-corrected chi connectivity index (χ2v) is 8.80. The van der Waals surface area contributed by atoms with Gasteiger partial charge in [-0.2, -0.15) is 0 Å². The second-order valence-electron chi connectivity index (χ2n) is 8.80. The van der Waals surface area contributed by atoms with Gasteiger partial charge in [-0.1, -0.05) is 44.4 Å². The molecule has 1 heterocycles. The van der Waals surface area contributed by atoms with E-state index in [9.17, 15) is 4.79 Å². The first-order valence-electron chi connectivity index (χ1n) is 11.0. The van der Waals surface area contributed by atoms with E-state index in [1.807, 2.05) is 0 Å². The lowest BCUT2D eigenvalue weighted by Crippen LogP contribution is -2.38. The molecule has 0 radical (unpaired) electrons. The summed E-state index contributed by atoms with van der Waals surface area (Å²) in [6.07, 6.45) is 10.7. The summed E-state index contributed by atoms with van der Waals surface area (Å²) < 4.78 is 2.18. The fraction of sp³-hybridized carbons (Fsp3) is 0.625. The van der Waals surface area contributed by atoms with E-state index in [2.05, 4.69) is 73.3 Å². The Labute approximate surface area is 170 Å². The molecule has 0 bridgehead atoms. The molecule has 1 fully saturated rings. The predicted octanol–water partition coefficient (Wildman–Crippen LogP) is 4.89. The maximum absolute atomic E-state index is 12.8. The van der Waals surface area contributed by atoms with Crippen LogP contribution < -0.4 is 5.32 Å². The maximum atomic E-state index is 12.8. The molecule has 1 aromatic heterocycles. The summed E-state index contributed by atoms with van der Waals surface area (Å²) in [5, 5.41) is 4.55. The summed E-state index contributed by atoms with van der Waals surface area (Å²) >= 11 is 0. The van der Waals surface area contributed by atoms with Crippen molar-refractivity contribution in [1.82, 2.24) is 14.8 Å². The molecule has 1 aliphatic rings. The molecule has 2 aromatic rings. The van der Waals surface area contributed by atoms with E-state index >= 15 is 0 Å². The van der Waals surface area contributed by atoms with Gasteiger partial charge in [-0.25, -0.2) is 0 Å². The summed E-state index contributed by atoms with van der Waals surface area (Å²) in [7, 11) is 6.28. The van der Waals surface area contributed by atoms with Crippen molar-refractivity contribution in [3.8, 4) is 0 Å². The van der Waals surface area contributed by atoms with Crippen molar-refractivity contribution in [3.63, 3.8) is 0 Å². The zero-order valence-electron chi connectivity index (χ0n) is 18.1. The van der Waals surface area contributed by atoms with Gasteiger partial charge in [0.05, 0.1) is 6.04 Å². The highest BCUT2D eigenvalue weighted by Gasteiger charge is 2.27. The molecule has 1 saturated carbocycles. The summed E-state index contributed by atoms with van der Waals surface area (Å²) in [6.45, 7) is 2.92. The minimum absolute atomic E-state index is 0.177. The Morgan fingerprint density at radius 2 is 1.93 bits per heavy atom. The molecule has 1 aliphatic carbocycles. The zero-order chi connectivity index (χ0) is 20.1. The first-order chi connectivity index (χ1) is 13.5. The number of rotatable bonds is 8. The Bertz CT molecular complexity index is 771. The normalized spacial score (nSPS) is 21.2. The molecule has 0 spiro atoms. The summed E-state index contributed by atoms with van der Waals surface area (Å²) in [5.74, 6) is 1.29. The lowest BCUT2D eigenvalue weighted by atomic mass is 9.79. The minimum atomic E-state index is 0.177. The van der Waals surface area contributed by atoms with Crippen LogP contribution in [-0.4, -0.2) is 36.0 Å². The van der Waals surface area contributed by atoms with Crippen molar-refractivity contribution in [2.24, 2.45) is 18.9 Å². The van der Waals surface area contributed by atoms with Crippen molar-refractivity contribution in [2.75, 3.05) is 20.6 Å². The van der Waals surface area contributed by atoms with Crippen LogP contribution in [0, 0.1) is 11.8 Å². The van der Waals surface area contributed by atoms with Crippen molar-refractivity contribution in [3.05, 3.63) is 36.0 Å². The smallest absolute Gasteiger partial charge is 0.223 e. The number of nitrogens with one attached hydrogen (secondary N) is 1. The third-order valence-electron chi connectivity index (χ3n) is 6.56. The molecule has 1 unspecified atom stereocenters. The maximum Gasteiger partial charge on any atom is 0.223 e. The quantitative estimate of drug-likeness (QED) is 0.704. The number of amides is 1. The van der Waals surface area contributed by atoms with Crippen LogP contribution in [0.3, 0.4) is 0 Å². The van der Waals surface area contributed by atoms with Crippen LogP contribution in [-0.2, 0) is 11.8 Å². The monoisotopic (exact) mass is 383 g/mol. The standard InChI is InChI=1S/C24H37N3O/c1-5-6-9-18-12-14-19(15-13-18)24(28)25-16-23(26(2)3)21-17-27(4)22-11-8-7-10-20(21)22/h7-8,10-11,17-19,23H,5-6,9,12-16H2,1-4H3,(H,25,28). The van der Waals surface area contributed by atoms with E-state index in [1.54, 1.807) is 0 Å². The fourth-order valence-corrected chi connectivity index (χ4v) is 4.76. The van der Waals surface area contributed by atoms with Crippen molar-refractivity contribution in [1.29, 1.82) is 0 Å². The largest absolute Gasteiger partial charge is 0.354 e. The number of aryl methyl sites for hydroxylation is 1. The number of carbonyl (C=O) groups excluding carboxylic acids is 1. The Morgan fingerprint density at radius 3 is 2.61 bits per heavy atom. The summed E-state index contributed by atoms with van der Waals surface area (Å²) in [6, 6.07) is 8.68. The summed E-state index contributed by atoms with van der Waals surface area (Å²) in [4.78, 5) is 15.0. The van der Waals surface area contributed by atoms with Crippen LogP contribution in [0.1, 0.15) is 63.5 Å². The number of para-hydroxylation sites is 1. The van der Waals surface area contributed by atoms with Gasteiger partial charge in [0, 0.05) is 36.6 Å². The van der Waals surface area contributed by atoms with Gasteiger partial charge in [-0.3, -0.25) is 4.79 Å².